The molecular formula is C13H23N3O. The molecule has 1 heterocycles. The Morgan fingerprint density at radius 1 is 1.29 bits per heavy atom. The molecule has 0 unspecified atom stereocenters. The van der Waals surface area contributed by atoms with Gasteiger partial charge in [-0.15, -0.1) is 0 Å². The molecule has 0 aliphatic carbocycles. The first kappa shape index (κ1) is 14.1. The van der Waals surface area contributed by atoms with Crippen molar-refractivity contribution >= 4 is 0 Å². The minimum atomic E-state index is -0.429. The number of hydrogen-bond donors (Lipinski definition) is 1. The van der Waals surface area contributed by atoms with Crippen LogP contribution in [-0.4, -0.2) is 23.1 Å². The van der Waals surface area contributed by atoms with Crippen LogP contribution in [0.25, 0.3) is 0 Å². The Morgan fingerprint density at radius 2 is 2.00 bits per heavy atom. The minimum Gasteiger partial charge on any atom is -0.368 e. The van der Waals surface area contributed by atoms with Gasteiger partial charge in [-0.05, 0) is 40.3 Å². The molecule has 4 nitrogen and oxygen atoms in total. The lowest BCUT2D eigenvalue weighted by molar-refractivity contribution is -0.0210. The zero-order valence-electron chi connectivity index (χ0n) is 11.5. The van der Waals surface area contributed by atoms with E-state index in [1.807, 2.05) is 33.8 Å². The molecule has 1 aromatic heterocycles. The van der Waals surface area contributed by atoms with E-state index in [2.05, 4.69) is 22.2 Å². The van der Waals surface area contributed by atoms with Crippen LogP contribution in [0.1, 0.15) is 44.9 Å². The molecule has 0 fully saturated rings. The van der Waals surface area contributed by atoms with Gasteiger partial charge in [-0.25, -0.2) is 9.97 Å². The summed E-state index contributed by atoms with van der Waals surface area (Å²) in [7, 11) is 0. The van der Waals surface area contributed by atoms with E-state index in [1.165, 1.54) is 0 Å². The minimum absolute atomic E-state index is 0.429. The van der Waals surface area contributed by atoms with Crippen molar-refractivity contribution in [1.29, 1.82) is 0 Å². The molecule has 0 aliphatic rings. The molecule has 0 aliphatic heterocycles. The average Bonchev–Trinajstić information content (AvgIpc) is 2.25. The Bertz CT molecular complexity index is 364. The standard InChI is InChI=1S/C13H23N3O/c1-6-14-9-11-8-10(3)15-12(16-11)13(4,5)17-7-2/h8,14H,6-7,9H2,1-5H3. The molecule has 0 spiro atoms. The topological polar surface area (TPSA) is 47.0 Å². The summed E-state index contributed by atoms with van der Waals surface area (Å²) < 4.78 is 5.68. The molecule has 0 aromatic carbocycles. The fourth-order valence-corrected chi connectivity index (χ4v) is 1.67. The Morgan fingerprint density at radius 3 is 2.59 bits per heavy atom. The molecule has 1 rings (SSSR count). The van der Waals surface area contributed by atoms with Gasteiger partial charge < -0.3 is 10.1 Å². The van der Waals surface area contributed by atoms with Crippen LogP contribution in [0.3, 0.4) is 0 Å². The molecule has 0 atom stereocenters. The summed E-state index contributed by atoms with van der Waals surface area (Å²) in [6, 6.07) is 2.01. The van der Waals surface area contributed by atoms with E-state index < -0.39 is 5.60 Å². The van der Waals surface area contributed by atoms with Crippen LogP contribution in [0.5, 0.6) is 0 Å². The summed E-state index contributed by atoms with van der Waals surface area (Å²) in [6.45, 7) is 12.4. The van der Waals surface area contributed by atoms with E-state index in [-0.39, 0.29) is 0 Å². The van der Waals surface area contributed by atoms with Crippen LogP contribution in [0.2, 0.25) is 0 Å². The highest BCUT2D eigenvalue weighted by Gasteiger charge is 2.24. The second-order valence-corrected chi connectivity index (χ2v) is 4.55. The number of aromatic nitrogens is 2. The molecule has 0 radical (unpaired) electrons. The fraction of sp³-hybridized carbons (Fsp3) is 0.692. The third-order valence-corrected chi connectivity index (χ3v) is 2.51. The van der Waals surface area contributed by atoms with Crippen molar-refractivity contribution < 1.29 is 4.74 Å². The zero-order valence-corrected chi connectivity index (χ0v) is 11.5. The summed E-state index contributed by atoms with van der Waals surface area (Å²) in [5, 5.41) is 3.27. The molecule has 17 heavy (non-hydrogen) atoms. The molecule has 96 valence electrons. The third kappa shape index (κ3) is 4.06. The maximum Gasteiger partial charge on any atom is 0.160 e. The van der Waals surface area contributed by atoms with Crippen molar-refractivity contribution in [3.05, 3.63) is 23.3 Å². The second-order valence-electron chi connectivity index (χ2n) is 4.55. The monoisotopic (exact) mass is 237 g/mol. The maximum atomic E-state index is 5.68. The highest BCUT2D eigenvalue weighted by molar-refractivity contribution is 5.13. The molecule has 4 heteroatoms. The van der Waals surface area contributed by atoms with E-state index in [0.717, 1.165) is 30.3 Å². The summed E-state index contributed by atoms with van der Waals surface area (Å²) in [6.07, 6.45) is 0. The van der Waals surface area contributed by atoms with E-state index in [9.17, 15) is 0 Å². The van der Waals surface area contributed by atoms with Crippen LogP contribution in [-0.2, 0) is 16.9 Å². The van der Waals surface area contributed by atoms with Crippen LogP contribution in [0.4, 0.5) is 0 Å². The van der Waals surface area contributed by atoms with Gasteiger partial charge in [0.2, 0.25) is 0 Å². The lowest BCUT2D eigenvalue weighted by Crippen LogP contribution is -2.26. The number of rotatable bonds is 6. The third-order valence-electron chi connectivity index (χ3n) is 2.51. The van der Waals surface area contributed by atoms with Gasteiger partial charge in [0.1, 0.15) is 5.60 Å². The zero-order chi connectivity index (χ0) is 12.9. The predicted octanol–water partition coefficient (Wildman–Crippen LogP) is 2.17. The first-order valence-corrected chi connectivity index (χ1v) is 6.19. The fourth-order valence-electron chi connectivity index (χ4n) is 1.67. The Balaban J connectivity index is 2.95. The molecule has 1 aromatic rings. The summed E-state index contributed by atoms with van der Waals surface area (Å²) in [4.78, 5) is 9.03. The van der Waals surface area contributed by atoms with Crippen LogP contribution >= 0.6 is 0 Å². The Labute approximate surface area is 104 Å². The summed E-state index contributed by atoms with van der Waals surface area (Å²) >= 11 is 0. The number of nitrogens with one attached hydrogen (secondary N) is 1. The van der Waals surface area contributed by atoms with Crippen LogP contribution in [0, 0.1) is 6.92 Å². The highest BCUT2D eigenvalue weighted by atomic mass is 16.5. The quantitative estimate of drug-likeness (QED) is 0.823. The van der Waals surface area contributed by atoms with Crippen molar-refractivity contribution in [1.82, 2.24) is 15.3 Å². The van der Waals surface area contributed by atoms with Crippen molar-refractivity contribution in [2.75, 3.05) is 13.2 Å². The number of ether oxygens (including phenoxy) is 1. The molecule has 0 bridgehead atoms. The molecule has 0 amide bonds. The van der Waals surface area contributed by atoms with Gasteiger partial charge in [0, 0.05) is 18.8 Å². The molecule has 0 saturated heterocycles. The van der Waals surface area contributed by atoms with Crippen molar-refractivity contribution in [2.24, 2.45) is 0 Å². The van der Waals surface area contributed by atoms with Gasteiger partial charge in [-0.2, -0.15) is 0 Å². The van der Waals surface area contributed by atoms with E-state index in [1.54, 1.807) is 0 Å². The molecule has 0 saturated carbocycles. The van der Waals surface area contributed by atoms with Gasteiger partial charge in [0.15, 0.2) is 5.82 Å². The van der Waals surface area contributed by atoms with Gasteiger partial charge in [0.05, 0.1) is 5.69 Å². The summed E-state index contributed by atoms with van der Waals surface area (Å²) in [5.74, 6) is 0.757. The normalized spacial score (nSPS) is 11.8. The average molecular weight is 237 g/mol. The second kappa shape index (κ2) is 6.07. The number of nitrogens with zero attached hydrogens (tertiary/aromatic N) is 2. The smallest absolute Gasteiger partial charge is 0.160 e. The van der Waals surface area contributed by atoms with E-state index in [4.69, 9.17) is 4.74 Å². The van der Waals surface area contributed by atoms with E-state index >= 15 is 0 Å². The van der Waals surface area contributed by atoms with E-state index in [0.29, 0.717) is 6.61 Å². The van der Waals surface area contributed by atoms with Crippen LogP contribution < -0.4 is 5.32 Å². The first-order valence-electron chi connectivity index (χ1n) is 6.19. The number of aryl methyl sites for hydroxylation is 1. The van der Waals surface area contributed by atoms with Crippen molar-refractivity contribution in [2.45, 2.75) is 46.8 Å². The highest BCUT2D eigenvalue weighted by Crippen LogP contribution is 2.21. The van der Waals surface area contributed by atoms with Gasteiger partial charge in [0.25, 0.3) is 0 Å². The van der Waals surface area contributed by atoms with Gasteiger partial charge in [-0.1, -0.05) is 6.92 Å². The maximum absolute atomic E-state index is 5.68. The van der Waals surface area contributed by atoms with Crippen LogP contribution in [0.15, 0.2) is 6.07 Å². The first-order chi connectivity index (χ1) is 7.99. The van der Waals surface area contributed by atoms with Gasteiger partial charge in [-0.3, -0.25) is 0 Å². The largest absolute Gasteiger partial charge is 0.368 e. The molecule has 1 N–H and O–H groups in total. The number of hydrogen-bond acceptors (Lipinski definition) is 4. The molecular weight excluding hydrogens is 214 g/mol. The lowest BCUT2D eigenvalue weighted by atomic mass is 10.1. The van der Waals surface area contributed by atoms with Crippen molar-refractivity contribution in [3.8, 4) is 0 Å². The summed E-state index contributed by atoms with van der Waals surface area (Å²) in [5.41, 5.74) is 1.57. The van der Waals surface area contributed by atoms with Crippen molar-refractivity contribution in [3.63, 3.8) is 0 Å². The Hall–Kier alpha value is -1.00. The van der Waals surface area contributed by atoms with Gasteiger partial charge >= 0.3 is 0 Å². The SMILES string of the molecule is CCNCc1cc(C)nc(C(C)(C)OCC)n1. The lowest BCUT2D eigenvalue weighted by Gasteiger charge is -2.23. The predicted molar refractivity (Wildman–Crippen MR) is 68.8 cm³/mol. The Kier molecular flexibility index (Phi) is 5.02.